The normalized spacial score (nSPS) is 25.6. The molecule has 1 saturated heterocycles. The van der Waals surface area contributed by atoms with Crippen LogP contribution in [0.25, 0.3) is 0 Å². The van der Waals surface area contributed by atoms with Gasteiger partial charge in [-0.15, -0.1) is 0 Å². The number of carbonyl (C=O) groups is 2. The summed E-state index contributed by atoms with van der Waals surface area (Å²) in [6.07, 6.45) is 0. The first-order chi connectivity index (χ1) is 6.13. The van der Waals surface area contributed by atoms with E-state index in [1.807, 2.05) is 0 Å². The molecule has 14 heavy (non-hydrogen) atoms. The Morgan fingerprint density at radius 2 is 1.07 bits per heavy atom. The van der Waals surface area contributed by atoms with Crippen LogP contribution >= 0.6 is 0 Å². The molecule has 1 fully saturated rings. The van der Waals surface area contributed by atoms with E-state index in [1.54, 1.807) is 0 Å². The molecule has 0 radical (unpaired) electrons. The van der Waals surface area contributed by atoms with Crippen molar-refractivity contribution in [1.82, 2.24) is 10.1 Å². The van der Waals surface area contributed by atoms with E-state index >= 15 is 0 Å². The van der Waals surface area contributed by atoms with Crippen LogP contribution in [0.3, 0.4) is 0 Å². The van der Waals surface area contributed by atoms with Gasteiger partial charge in [-0.1, -0.05) is 0 Å². The maximum Gasteiger partial charge on any atom is 0.274 e. The van der Waals surface area contributed by atoms with E-state index in [2.05, 4.69) is 0 Å². The highest BCUT2D eigenvalue weighted by molar-refractivity contribution is 5.99. The van der Waals surface area contributed by atoms with Crippen molar-refractivity contribution in [3.8, 4) is 0 Å². The number of hydrogen-bond donors (Lipinski definition) is 2. The Morgan fingerprint density at radius 3 is 1.29 bits per heavy atom. The van der Waals surface area contributed by atoms with E-state index < -0.39 is 22.9 Å². The third-order valence-corrected chi connectivity index (χ3v) is 2.49. The molecule has 80 valence electrons. The number of rotatable bonds is 0. The molecule has 0 saturated carbocycles. The Balaban J connectivity index is 3.21. The van der Waals surface area contributed by atoms with Crippen LogP contribution < -0.4 is 0 Å². The van der Waals surface area contributed by atoms with Crippen molar-refractivity contribution < 1.29 is 20.0 Å². The summed E-state index contributed by atoms with van der Waals surface area (Å²) in [7, 11) is 0. The second-order valence-corrected chi connectivity index (χ2v) is 4.35. The standard InChI is InChI=1S/C8H14N2O4/c1-7(2)5(11)10(14)8(3,4)6(12)9(7)13/h13-14H,1-4H3. The Kier molecular flexibility index (Phi) is 2.09. The minimum atomic E-state index is -1.43. The van der Waals surface area contributed by atoms with E-state index in [9.17, 15) is 20.0 Å². The lowest BCUT2D eigenvalue weighted by atomic mass is 9.91. The zero-order valence-corrected chi connectivity index (χ0v) is 8.61. The van der Waals surface area contributed by atoms with E-state index in [0.29, 0.717) is 10.1 Å². The van der Waals surface area contributed by atoms with Crippen LogP contribution in [0.1, 0.15) is 27.7 Å². The lowest BCUT2D eigenvalue weighted by Crippen LogP contribution is -2.71. The van der Waals surface area contributed by atoms with Gasteiger partial charge in [-0.05, 0) is 27.7 Å². The van der Waals surface area contributed by atoms with Gasteiger partial charge >= 0.3 is 0 Å². The fourth-order valence-corrected chi connectivity index (χ4v) is 1.21. The monoisotopic (exact) mass is 202 g/mol. The van der Waals surface area contributed by atoms with Crippen LogP contribution in [-0.2, 0) is 9.59 Å². The van der Waals surface area contributed by atoms with Crippen LogP contribution in [0, 0.1) is 0 Å². The van der Waals surface area contributed by atoms with Crippen LogP contribution in [0.5, 0.6) is 0 Å². The second-order valence-electron chi connectivity index (χ2n) is 4.35. The average molecular weight is 202 g/mol. The van der Waals surface area contributed by atoms with Gasteiger partial charge in [0, 0.05) is 0 Å². The first-order valence-electron chi connectivity index (χ1n) is 4.20. The minimum absolute atomic E-state index is 0.363. The van der Waals surface area contributed by atoms with Gasteiger partial charge in [0.1, 0.15) is 11.1 Å². The Bertz CT molecular complexity index is 268. The van der Waals surface area contributed by atoms with Gasteiger partial charge in [-0.3, -0.25) is 20.0 Å². The number of piperazine rings is 1. The predicted molar refractivity (Wildman–Crippen MR) is 45.4 cm³/mol. The molecule has 0 aromatic rings. The number of carbonyl (C=O) groups excluding carboxylic acids is 2. The number of nitrogens with zero attached hydrogens (tertiary/aromatic N) is 2. The molecule has 0 aliphatic carbocycles. The van der Waals surface area contributed by atoms with E-state index in [4.69, 9.17) is 0 Å². The fraction of sp³-hybridized carbons (Fsp3) is 0.750. The summed E-state index contributed by atoms with van der Waals surface area (Å²) in [6, 6.07) is 0. The van der Waals surface area contributed by atoms with Crippen LogP contribution in [0.15, 0.2) is 0 Å². The van der Waals surface area contributed by atoms with Gasteiger partial charge in [0.2, 0.25) is 0 Å². The summed E-state index contributed by atoms with van der Waals surface area (Å²) in [4.78, 5) is 23.1. The highest BCUT2D eigenvalue weighted by Gasteiger charge is 2.55. The third kappa shape index (κ3) is 1.11. The molecule has 1 rings (SSSR count). The lowest BCUT2D eigenvalue weighted by molar-refractivity contribution is -0.255. The molecular weight excluding hydrogens is 188 g/mol. The van der Waals surface area contributed by atoms with Gasteiger partial charge in [0.15, 0.2) is 0 Å². The highest BCUT2D eigenvalue weighted by atomic mass is 16.5. The molecule has 1 aliphatic rings. The number of hydrogen-bond acceptors (Lipinski definition) is 4. The topological polar surface area (TPSA) is 81.1 Å². The minimum Gasteiger partial charge on any atom is -0.285 e. The molecule has 0 bridgehead atoms. The molecule has 0 aromatic heterocycles. The maximum atomic E-state index is 11.5. The van der Waals surface area contributed by atoms with Gasteiger partial charge in [-0.25, -0.2) is 10.1 Å². The average Bonchev–Trinajstić information content (AvgIpc) is 2.11. The summed E-state index contributed by atoms with van der Waals surface area (Å²) in [5.74, 6) is -1.44. The molecule has 0 aromatic carbocycles. The summed E-state index contributed by atoms with van der Waals surface area (Å²) in [6.45, 7) is 5.41. The second kappa shape index (κ2) is 2.68. The van der Waals surface area contributed by atoms with Crippen LogP contribution in [-0.4, -0.2) is 43.4 Å². The van der Waals surface area contributed by atoms with Gasteiger partial charge in [0.25, 0.3) is 11.8 Å². The Labute approximate surface area is 81.6 Å². The zero-order valence-electron chi connectivity index (χ0n) is 8.61. The summed E-state index contributed by atoms with van der Waals surface area (Å²) >= 11 is 0. The van der Waals surface area contributed by atoms with Crippen molar-refractivity contribution in [2.45, 2.75) is 38.8 Å². The summed E-state index contributed by atoms with van der Waals surface area (Å²) in [5, 5.41) is 19.6. The molecule has 2 N–H and O–H groups in total. The molecule has 2 amide bonds. The SMILES string of the molecule is CC1(C)C(=O)N(O)C(C)(C)C(=O)N1O. The van der Waals surface area contributed by atoms with Crippen molar-refractivity contribution in [1.29, 1.82) is 0 Å². The van der Waals surface area contributed by atoms with Crippen molar-refractivity contribution in [2.75, 3.05) is 0 Å². The Morgan fingerprint density at radius 1 is 0.857 bits per heavy atom. The summed E-state index contributed by atoms with van der Waals surface area (Å²) < 4.78 is 0. The van der Waals surface area contributed by atoms with E-state index in [0.717, 1.165) is 0 Å². The van der Waals surface area contributed by atoms with Crippen molar-refractivity contribution in [3.63, 3.8) is 0 Å². The smallest absolute Gasteiger partial charge is 0.274 e. The van der Waals surface area contributed by atoms with Crippen molar-refractivity contribution in [2.24, 2.45) is 0 Å². The first-order valence-corrected chi connectivity index (χ1v) is 4.20. The van der Waals surface area contributed by atoms with Crippen LogP contribution in [0.4, 0.5) is 0 Å². The number of amides is 2. The molecule has 0 unspecified atom stereocenters. The van der Waals surface area contributed by atoms with E-state index in [1.165, 1.54) is 27.7 Å². The van der Waals surface area contributed by atoms with Gasteiger partial charge in [0.05, 0.1) is 0 Å². The van der Waals surface area contributed by atoms with E-state index in [-0.39, 0.29) is 0 Å². The van der Waals surface area contributed by atoms with Crippen LogP contribution in [0.2, 0.25) is 0 Å². The lowest BCUT2D eigenvalue weighted by Gasteiger charge is -2.46. The van der Waals surface area contributed by atoms with Crippen molar-refractivity contribution >= 4 is 11.8 Å². The summed E-state index contributed by atoms with van der Waals surface area (Å²) in [5.41, 5.74) is -2.86. The number of hydroxylamine groups is 4. The predicted octanol–water partition coefficient (Wildman–Crippen LogP) is -0.00720. The first kappa shape index (κ1) is 10.9. The molecule has 0 spiro atoms. The van der Waals surface area contributed by atoms with Crippen molar-refractivity contribution in [3.05, 3.63) is 0 Å². The molecule has 6 heteroatoms. The quantitative estimate of drug-likeness (QED) is 0.541. The molecule has 6 nitrogen and oxygen atoms in total. The molecular formula is C8H14N2O4. The molecule has 1 heterocycles. The maximum absolute atomic E-state index is 11.5. The van der Waals surface area contributed by atoms with Gasteiger partial charge in [-0.2, -0.15) is 0 Å². The highest BCUT2D eigenvalue weighted by Crippen LogP contribution is 2.29. The fourth-order valence-electron chi connectivity index (χ4n) is 1.21. The van der Waals surface area contributed by atoms with Gasteiger partial charge < -0.3 is 0 Å². The molecule has 1 aliphatic heterocycles. The Hall–Kier alpha value is -1.14. The molecule has 0 atom stereocenters. The zero-order chi connectivity index (χ0) is 11.3. The largest absolute Gasteiger partial charge is 0.285 e. The third-order valence-electron chi connectivity index (χ3n) is 2.49.